The second kappa shape index (κ2) is 7.56. The molecule has 0 atom stereocenters. The first-order chi connectivity index (χ1) is 15.5. The number of benzene rings is 2. The number of hydrogen-bond donors (Lipinski definition) is 0. The van der Waals surface area contributed by atoms with Crippen LogP contribution in [0.2, 0.25) is 0 Å². The summed E-state index contributed by atoms with van der Waals surface area (Å²) in [5, 5.41) is 11.1. The second-order valence-electron chi connectivity index (χ2n) is 7.59. The molecule has 0 spiro atoms. The summed E-state index contributed by atoms with van der Waals surface area (Å²) in [6.45, 7) is 0. The molecule has 2 heterocycles. The van der Waals surface area contributed by atoms with E-state index < -0.39 is 16.4 Å². The van der Waals surface area contributed by atoms with E-state index in [1.54, 1.807) is 15.2 Å². The lowest BCUT2D eigenvalue weighted by molar-refractivity contribution is -0.387. The smallest absolute Gasteiger partial charge is 0.335 e. The van der Waals surface area contributed by atoms with E-state index in [-0.39, 0.29) is 23.9 Å². The van der Waals surface area contributed by atoms with Gasteiger partial charge in [-0.3, -0.25) is 14.7 Å². The lowest BCUT2D eigenvalue weighted by atomic mass is 10.1. The zero-order valence-electron chi connectivity index (χ0n) is 17.1. The quantitative estimate of drug-likeness (QED) is 0.339. The Bertz CT molecular complexity index is 1420. The maximum absolute atomic E-state index is 14.0. The van der Waals surface area contributed by atoms with Crippen LogP contribution in [0, 0.1) is 15.9 Å². The van der Waals surface area contributed by atoms with Crippen LogP contribution < -0.4 is 10.4 Å². The highest BCUT2D eigenvalue weighted by Gasteiger charge is 2.29. The molecule has 2 aromatic heterocycles. The van der Waals surface area contributed by atoms with Crippen LogP contribution in [0.15, 0.2) is 53.5 Å². The molecule has 2 aromatic carbocycles. The van der Waals surface area contributed by atoms with Crippen LogP contribution in [0.1, 0.15) is 30.3 Å². The van der Waals surface area contributed by atoms with Crippen LogP contribution in [-0.2, 0) is 6.42 Å². The number of fused-ring (bicyclic) bond motifs is 1. The number of halogens is 1. The topological polar surface area (TPSA) is 105 Å². The van der Waals surface area contributed by atoms with Gasteiger partial charge in [0.15, 0.2) is 0 Å². The maximum Gasteiger partial charge on any atom is 0.335 e. The van der Waals surface area contributed by atoms with Crippen molar-refractivity contribution in [3.05, 3.63) is 86.5 Å². The van der Waals surface area contributed by atoms with Crippen molar-refractivity contribution in [1.29, 1.82) is 0 Å². The minimum Gasteiger partial charge on any atom is -0.496 e. The summed E-state index contributed by atoms with van der Waals surface area (Å²) in [5.74, 6) is -0.114. The molecule has 0 N–H and O–H groups in total. The van der Waals surface area contributed by atoms with Crippen molar-refractivity contribution < 1.29 is 14.1 Å². The Morgan fingerprint density at radius 2 is 1.97 bits per heavy atom. The minimum atomic E-state index is -0.982. The van der Waals surface area contributed by atoms with Crippen molar-refractivity contribution in [3.8, 4) is 11.6 Å². The first-order valence-electron chi connectivity index (χ1n) is 10.0. The number of hydrogen-bond acceptors (Lipinski definition) is 6. The summed E-state index contributed by atoms with van der Waals surface area (Å²) >= 11 is 0. The minimum absolute atomic E-state index is 0.0636. The number of methoxy groups -OCH3 is 1. The third kappa shape index (κ3) is 3.29. The monoisotopic (exact) mass is 435 g/mol. The van der Waals surface area contributed by atoms with Gasteiger partial charge in [-0.1, -0.05) is 12.1 Å². The van der Waals surface area contributed by atoms with Crippen LogP contribution in [0.3, 0.4) is 0 Å². The number of ether oxygens (including phenoxy) is 1. The van der Waals surface area contributed by atoms with Crippen LogP contribution in [0.25, 0.3) is 16.9 Å². The molecule has 1 fully saturated rings. The summed E-state index contributed by atoms with van der Waals surface area (Å²) < 4.78 is 22.5. The Morgan fingerprint density at radius 1 is 1.22 bits per heavy atom. The van der Waals surface area contributed by atoms with Gasteiger partial charge < -0.3 is 4.74 Å². The predicted molar refractivity (Wildman–Crippen MR) is 114 cm³/mol. The lowest BCUT2D eigenvalue weighted by Crippen LogP contribution is -2.23. The molecular weight excluding hydrogens is 417 g/mol. The molecule has 4 aromatic rings. The van der Waals surface area contributed by atoms with E-state index in [1.165, 1.54) is 13.3 Å². The van der Waals surface area contributed by atoms with Gasteiger partial charge in [0.25, 0.3) is 0 Å². The predicted octanol–water partition coefficient (Wildman–Crippen LogP) is 3.56. The average Bonchev–Trinajstić information content (AvgIpc) is 3.57. The van der Waals surface area contributed by atoms with E-state index in [4.69, 9.17) is 4.74 Å². The fourth-order valence-corrected chi connectivity index (χ4v) is 3.90. The van der Waals surface area contributed by atoms with Gasteiger partial charge in [-0.25, -0.2) is 19.3 Å². The first-order valence-corrected chi connectivity index (χ1v) is 10.0. The number of rotatable bonds is 6. The standard InChI is InChI=1S/C22H18FN5O4/c1-32-19-12-15(23)18(28(30)31)10-13(19)11-20-24-9-8-21(25-20)27-17-5-3-2-4-16(17)26(22(27)29)14-6-7-14/h2-5,8-10,12,14H,6-7,11H2,1H3. The Morgan fingerprint density at radius 3 is 2.66 bits per heavy atom. The molecule has 0 amide bonds. The van der Waals surface area contributed by atoms with Gasteiger partial charge in [0.05, 0.1) is 23.1 Å². The highest BCUT2D eigenvalue weighted by atomic mass is 19.1. The number of nitro groups is 1. The third-order valence-corrected chi connectivity index (χ3v) is 5.51. The third-order valence-electron chi connectivity index (χ3n) is 5.51. The molecule has 0 saturated heterocycles. The van der Waals surface area contributed by atoms with Crippen LogP contribution >= 0.6 is 0 Å². The second-order valence-corrected chi connectivity index (χ2v) is 7.59. The van der Waals surface area contributed by atoms with Crippen LogP contribution in [0.4, 0.5) is 10.1 Å². The molecule has 162 valence electrons. The fraction of sp³-hybridized carbons (Fsp3) is 0.227. The van der Waals surface area contributed by atoms with Gasteiger partial charge in [-0.05, 0) is 31.0 Å². The molecule has 0 aliphatic heterocycles. The Kier molecular flexibility index (Phi) is 4.69. The summed E-state index contributed by atoms with van der Waals surface area (Å²) in [4.78, 5) is 32.4. The lowest BCUT2D eigenvalue weighted by Gasteiger charge is -2.09. The zero-order valence-corrected chi connectivity index (χ0v) is 17.1. The normalized spacial score (nSPS) is 13.4. The molecule has 0 radical (unpaired) electrons. The van der Waals surface area contributed by atoms with E-state index in [1.807, 2.05) is 24.3 Å². The van der Waals surface area contributed by atoms with E-state index in [2.05, 4.69) is 9.97 Å². The van der Waals surface area contributed by atoms with Gasteiger partial charge in [0.1, 0.15) is 17.4 Å². The Hall–Kier alpha value is -4.08. The molecule has 9 nitrogen and oxygen atoms in total. The van der Waals surface area contributed by atoms with Crippen LogP contribution in [-0.4, -0.2) is 31.1 Å². The van der Waals surface area contributed by atoms with E-state index >= 15 is 0 Å². The molecule has 10 heteroatoms. The van der Waals surface area contributed by atoms with Crippen LogP contribution in [0.5, 0.6) is 5.75 Å². The van der Waals surface area contributed by atoms with E-state index in [9.17, 15) is 19.3 Å². The van der Waals surface area contributed by atoms with E-state index in [0.717, 1.165) is 36.0 Å². The first kappa shape index (κ1) is 19.9. The summed E-state index contributed by atoms with van der Waals surface area (Å²) in [6.07, 6.45) is 3.52. The molecule has 1 aliphatic carbocycles. The summed E-state index contributed by atoms with van der Waals surface area (Å²) in [6, 6.07) is 11.5. The molecular formula is C22H18FN5O4. The highest BCUT2D eigenvalue weighted by molar-refractivity contribution is 5.78. The van der Waals surface area contributed by atoms with Crippen molar-refractivity contribution in [1.82, 2.24) is 19.1 Å². The number of para-hydroxylation sites is 2. The van der Waals surface area contributed by atoms with Crippen molar-refractivity contribution in [2.45, 2.75) is 25.3 Å². The van der Waals surface area contributed by atoms with Gasteiger partial charge in [0.2, 0.25) is 5.82 Å². The number of imidazole rings is 1. The van der Waals surface area contributed by atoms with Gasteiger partial charge >= 0.3 is 11.4 Å². The Labute approximate surface area is 180 Å². The fourth-order valence-electron chi connectivity index (χ4n) is 3.90. The van der Waals surface area contributed by atoms with Crippen molar-refractivity contribution >= 4 is 16.7 Å². The molecule has 32 heavy (non-hydrogen) atoms. The van der Waals surface area contributed by atoms with Crippen molar-refractivity contribution in [3.63, 3.8) is 0 Å². The largest absolute Gasteiger partial charge is 0.496 e. The molecule has 1 saturated carbocycles. The highest BCUT2D eigenvalue weighted by Crippen LogP contribution is 2.36. The SMILES string of the molecule is COc1cc(F)c([N+](=O)[O-])cc1Cc1nccc(-n2c(=O)n(C3CC3)c3ccccc32)n1. The van der Waals surface area contributed by atoms with Gasteiger partial charge in [0, 0.05) is 36.4 Å². The van der Waals surface area contributed by atoms with Gasteiger partial charge in [-0.2, -0.15) is 4.39 Å². The number of nitro benzene ring substituents is 1. The Balaban J connectivity index is 1.59. The maximum atomic E-state index is 14.0. The van der Waals surface area contributed by atoms with E-state index in [0.29, 0.717) is 17.2 Å². The zero-order chi connectivity index (χ0) is 22.4. The molecule has 0 unspecified atom stereocenters. The average molecular weight is 435 g/mol. The molecule has 5 rings (SSSR count). The summed E-state index contributed by atoms with van der Waals surface area (Å²) in [7, 11) is 1.35. The molecule has 0 bridgehead atoms. The number of aromatic nitrogens is 4. The molecule has 1 aliphatic rings. The van der Waals surface area contributed by atoms with Crippen molar-refractivity contribution in [2.24, 2.45) is 0 Å². The summed E-state index contributed by atoms with van der Waals surface area (Å²) in [5.41, 5.74) is 1.12. The van der Waals surface area contributed by atoms with Gasteiger partial charge in [-0.15, -0.1) is 0 Å². The number of nitrogens with zero attached hydrogens (tertiary/aromatic N) is 5. The van der Waals surface area contributed by atoms with Crippen molar-refractivity contribution in [2.75, 3.05) is 7.11 Å².